The van der Waals surface area contributed by atoms with Crippen LogP contribution in [0.2, 0.25) is 0 Å². The number of aryl methyl sites for hydroxylation is 2. The molecular weight excluding hydrogens is 262 g/mol. The van der Waals surface area contributed by atoms with Crippen LogP contribution in [0.4, 0.5) is 0 Å². The Hall–Kier alpha value is -1.81. The molecule has 0 aliphatic heterocycles. The van der Waals surface area contributed by atoms with Crippen LogP contribution in [0, 0.1) is 0 Å². The first kappa shape index (κ1) is 14.1. The van der Waals surface area contributed by atoms with E-state index in [1.807, 2.05) is 19.3 Å². The minimum absolute atomic E-state index is 0.503. The molecule has 4 nitrogen and oxygen atoms in total. The van der Waals surface area contributed by atoms with Gasteiger partial charge in [0.2, 0.25) is 0 Å². The Morgan fingerprint density at radius 3 is 3.05 bits per heavy atom. The summed E-state index contributed by atoms with van der Waals surface area (Å²) in [5.74, 6) is 0.941. The van der Waals surface area contributed by atoms with Gasteiger partial charge in [0.05, 0.1) is 5.69 Å². The van der Waals surface area contributed by atoms with Crippen molar-refractivity contribution in [2.45, 2.75) is 38.8 Å². The number of benzene rings is 1. The highest BCUT2D eigenvalue weighted by Crippen LogP contribution is 2.32. The third-order valence-electron chi connectivity index (χ3n) is 4.03. The van der Waals surface area contributed by atoms with Gasteiger partial charge in [-0.25, -0.2) is 0 Å². The van der Waals surface area contributed by atoms with E-state index in [2.05, 4.69) is 35.5 Å². The summed E-state index contributed by atoms with van der Waals surface area (Å²) in [5, 5.41) is 7.90. The Labute approximate surface area is 126 Å². The van der Waals surface area contributed by atoms with Crippen molar-refractivity contribution in [3.63, 3.8) is 0 Å². The molecule has 4 heteroatoms. The number of nitrogens with zero attached hydrogens (tertiary/aromatic N) is 2. The Kier molecular flexibility index (Phi) is 4.25. The van der Waals surface area contributed by atoms with Crippen LogP contribution in [-0.4, -0.2) is 16.3 Å². The molecule has 0 saturated carbocycles. The fraction of sp³-hybridized carbons (Fsp3) is 0.471. The minimum Gasteiger partial charge on any atom is -0.487 e. The molecule has 0 saturated heterocycles. The van der Waals surface area contributed by atoms with E-state index in [0.717, 1.165) is 24.4 Å². The van der Waals surface area contributed by atoms with Crippen molar-refractivity contribution >= 4 is 0 Å². The Balaban J connectivity index is 1.70. The fourth-order valence-corrected chi connectivity index (χ4v) is 3.04. The SMILES string of the molecule is CCNC1CCCc2cc(OCc3ccn(C)n3)ccc21. The molecule has 1 atom stereocenters. The van der Waals surface area contributed by atoms with Gasteiger partial charge < -0.3 is 10.1 Å². The monoisotopic (exact) mass is 285 g/mol. The molecule has 1 unspecified atom stereocenters. The van der Waals surface area contributed by atoms with E-state index >= 15 is 0 Å². The topological polar surface area (TPSA) is 39.1 Å². The molecule has 1 aromatic heterocycles. The standard InChI is InChI=1S/C17H23N3O/c1-3-18-17-6-4-5-13-11-15(7-8-16(13)17)21-12-14-9-10-20(2)19-14/h7-11,17-18H,3-6,12H2,1-2H3. The molecule has 1 aromatic carbocycles. The van der Waals surface area contributed by atoms with E-state index in [9.17, 15) is 0 Å². The first-order chi connectivity index (χ1) is 10.3. The lowest BCUT2D eigenvalue weighted by Crippen LogP contribution is -2.24. The molecule has 1 heterocycles. The Bertz CT molecular complexity index is 606. The highest BCUT2D eigenvalue weighted by Gasteiger charge is 2.19. The van der Waals surface area contributed by atoms with Crippen LogP contribution in [-0.2, 0) is 20.1 Å². The van der Waals surface area contributed by atoms with Crippen molar-refractivity contribution in [3.05, 3.63) is 47.3 Å². The van der Waals surface area contributed by atoms with Gasteiger partial charge in [0.25, 0.3) is 0 Å². The van der Waals surface area contributed by atoms with Gasteiger partial charge in [0.15, 0.2) is 0 Å². The second kappa shape index (κ2) is 6.31. The lowest BCUT2D eigenvalue weighted by molar-refractivity contribution is 0.299. The van der Waals surface area contributed by atoms with E-state index in [4.69, 9.17) is 4.74 Å². The number of nitrogens with one attached hydrogen (secondary N) is 1. The van der Waals surface area contributed by atoms with E-state index in [0.29, 0.717) is 12.6 Å². The summed E-state index contributed by atoms with van der Waals surface area (Å²) < 4.78 is 7.67. The predicted octanol–water partition coefficient (Wildman–Crippen LogP) is 2.99. The molecule has 2 aromatic rings. The minimum atomic E-state index is 0.503. The zero-order valence-electron chi connectivity index (χ0n) is 12.8. The van der Waals surface area contributed by atoms with Crippen molar-refractivity contribution in [1.82, 2.24) is 15.1 Å². The summed E-state index contributed by atoms with van der Waals surface area (Å²) in [5.41, 5.74) is 3.82. The summed E-state index contributed by atoms with van der Waals surface area (Å²) in [4.78, 5) is 0. The molecule has 0 spiro atoms. The van der Waals surface area contributed by atoms with E-state index in [1.54, 1.807) is 4.68 Å². The second-order valence-corrected chi connectivity index (χ2v) is 5.63. The molecule has 1 aliphatic rings. The van der Waals surface area contributed by atoms with Gasteiger partial charge in [-0.05, 0) is 55.1 Å². The molecule has 112 valence electrons. The third-order valence-corrected chi connectivity index (χ3v) is 4.03. The number of aromatic nitrogens is 2. The van der Waals surface area contributed by atoms with Gasteiger partial charge in [-0.2, -0.15) is 5.10 Å². The molecule has 21 heavy (non-hydrogen) atoms. The summed E-state index contributed by atoms with van der Waals surface area (Å²) in [7, 11) is 1.92. The van der Waals surface area contributed by atoms with Crippen LogP contribution < -0.4 is 10.1 Å². The van der Waals surface area contributed by atoms with Crippen molar-refractivity contribution in [2.75, 3.05) is 6.54 Å². The van der Waals surface area contributed by atoms with Crippen LogP contribution in [0.5, 0.6) is 5.75 Å². The average molecular weight is 285 g/mol. The highest BCUT2D eigenvalue weighted by atomic mass is 16.5. The quantitative estimate of drug-likeness (QED) is 0.918. The second-order valence-electron chi connectivity index (χ2n) is 5.63. The molecule has 0 amide bonds. The molecule has 3 rings (SSSR count). The molecule has 0 fully saturated rings. The number of rotatable bonds is 5. The largest absolute Gasteiger partial charge is 0.487 e. The lowest BCUT2D eigenvalue weighted by Gasteiger charge is -2.26. The Morgan fingerprint density at radius 2 is 2.29 bits per heavy atom. The van der Waals surface area contributed by atoms with Gasteiger partial charge in [0.1, 0.15) is 12.4 Å². The number of fused-ring (bicyclic) bond motifs is 1. The maximum Gasteiger partial charge on any atom is 0.132 e. The number of ether oxygens (including phenoxy) is 1. The van der Waals surface area contributed by atoms with Gasteiger partial charge in [0, 0.05) is 19.3 Å². The fourth-order valence-electron chi connectivity index (χ4n) is 3.04. The van der Waals surface area contributed by atoms with Gasteiger partial charge in [-0.15, -0.1) is 0 Å². The molecule has 0 radical (unpaired) electrons. The van der Waals surface area contributed by atoms with Crippen LogP contribution in [0.1, 0.15) is 42.6 Å². The van der Waals surface area contributed by atoms with Gasteiger partial charge in [-0.3, -0.25) is 4.68 Å². The van der Waals surface area contributed by atoms with Gasteiger partial charge >= 0.3 is 0 Å². The van der Waals surface area contributed by atoms with Crippen LogP contribution >= 0.6 is 0 Å². The predicted molar refractivity (Wildman–Crippen MR) is 83.3 cm³/mol. The maximum absolute atomic E-state index is 5.87. The van der Waals surface area contributed by atoms with Crippen LogP contribution in [0.25, 0.3) is 0 Å². The molecule has 0 bridgehead atoms. The summed E-state index contributed by atoms with van der Waals surface area (Å²) in [6.45, 7) is 3.71. The average Bonchev–Trinajstić information content (AvgIpc) is 2.91. The van der Waals surface area contributed by atoms with Crippen molar-refractivity contribution in [3.8, 4) is 5.75 Å². The Morgan fingerprint density at radius 1 is 1.38 bits per heavy atom. The molecule has 1 aliphatic carbocycles. The molecular formula is C17H23N3O. The van der Waals surface area contributed by atoms with Crippen LogP contribution in [0.15, 0.2) is 30.5 Å². The number of hydrogen-bond acceptors (Lipinski definition) is 3. The van der Waals surface area contributed by atoms with Crippen molar-refractivity contribution < 1.29 is 4.74 Å². The van der Waals surface area contributed by atoms with E-state index in [1.165, 1.54) is 24.0 Å². The van der Waals surface area contributed by atoms with Crippen molar-refractivity contribution in [2.24, 2.45) is 7.05 Å². The van der Waals surface area contributed by atoms with Crippen LogP contribution in [0.3, 0.4) is 0 Å². The van der Waals surface area contributed by atoms with E-state index < -0.39 is 0 Å². The first-order valence-electron chi connectivity index (χ1n) is 7.74. The summed E-state index contributed by atoms with van der Waals surface area (Å²) in [6.07, 6.45) is 5.56. The first-order valence-corrected chi connectivity index (χ1v) is 7.74. The number of hydrogen-bond donors (Lipinski definition) is 1. The normalized spacial score (nSPS) is 17.5. The summed E-state index contributed by atoms with van der Waals surface area (Å²) >= 11 is 0. The van der Waals surface area contributed by atoms with Crippen molar-refractivity contribution in [1.29, 1.82) is 0 Å². The molecule has 1 N–H and O–H groups in total. The zero-order valence-corrected chi connectivity index (χ0v) is 12.8. The lowest BCUT2D eigenvalue weighted by atomic mass is 9.87. The smallest absolute Gasteiger partial charge is 0.132 e. The maximum atomic E-state index is 5.87. The zero-order chi connectivity index (χ0) is 14.7. The van der Waals surface area contributed by atoms with E-state index in [-0.39, 0.29) is 0 Å². The summed E-state index contributed by atoms with van der Waals surface area (Å²) in [6, 6.07) is 8.98. The highest BCUT2D eigenvalue weighted by molar-refractivity contribution is 5.39. The van der Waals surface area contributed by atoms with Gasteiger partial charge in [-0.1, -0.05) is 13.0 Å². The third kappa shape index (κ3) is 3.27.